The lowest BCUT2D eigenvalue weighted by Crippen LogP contribution is -2.33. The molecule has 2 rings (SSSR count). The van der Waals surface area contributed by atoms with Crippen LogP contribution in [0.1, 0.15) is 20.3 Å². The Morgan fingerprint density at radius 3 is 3.00 bits per heavy atom. The van der Waals surface area contributed by atoms with E-state index in [-0.39, 0.29) is 5.91 Å². The molecule has 0 saturated carbocycles. The molecule has 0 aliphatic heterocycles. The minimum absolute atomic E-state index is 0.0736. The highest BCUT2D eigenvalue weighted by molar-refractivity contribution is 5.92. The van der Waals surface area contributed by atoms with Crippen molar-refractivity contribution in [1.82, 2.24) is 25.9 Å². The van der Waals surface area contributed by atoms with Crippen molar-refractivity contribution >= 4 is 11.6 Å². The topological polar surface area (TPSA) is 95.6 Å². The van der Waals surface area contributed by atoms with Crippen LogP contribution in [0, 0.1) is 0 Å². The molecular formula is C13H18N6O. The number of carbonyl (C=O) groups is 1. The molecule has 0 spiro atoms. The molecule has 0 aliphatic rings. The second-order valence-corrected chi connectivity index (χ2v) is 4.55. The van der Waals surface area contributed by atoms with E-state index >= 15 is 0 Å². The molecule has 0 bridgehead atoms. The minimum Gasteiger partial charge on any atom is -0.325 e. The number of nitrogens with zero attached hydrogens (tertiary/aromatic N) is 3. The normalized spacial score (nSPS) is 12.1. The number of rotatable bonds is 6. The van der Waals surface area contributed by atoms with Gasteiger partial charge in [-0.15, -0.1) is 10.2 Å². The largest absolute Gasteiger partial charge is 0.325 e. The molecule has 20 heavy (non-hydrogen) atoms. The number of nitrogens with one attached hydrogen (secondary N) is 3. The van der Waals surface area contributed by atoms with Gasteiger partial charge in [0.2, 0.25) is 11.7 Å². The highest BCUT2D eigenvalue weighted by Crippen LogP contribution is 2.17. The molecule has 1 aromatic heterocycles. The second-order valence-electron chi connectivity index (χ2n) is 4.55. The lowest BCUT2D eigenvalue weighted by Gasteiger charge is -2.11. The minimum atomic E-state index is -0.0736. The highest BCUT2D eigenvalue weighted by Gasteiger charge is 2.07. The summed E-state index contributed by atoms with van der Waals surface area (Å²) < 4.78 is 0. The zero-order valence-electron chi connectivity index (χ0n) is 11.6. The fourth-order valence-electron chi connectivity index (χ4n) is 1.64. The number of hydrogen-bond donors (Lipinski definition) is 3. The first-order valence-electron chi connectivity index (χ1n) is 6.56. The van der Waals surface area contributed by atoms with Crippen LogP contribution in [0.5, 0.6) is 0 Å². The standard InChI is InChI=1S/C13H18N6O/c1-3-9(2)14-8-12(20)15-11-6-4-5-10(7-11)13-16-18-19-17-13/h4-7,9,14H,3,8H2,1-2H3,(H,15,20)(H,16,17,18,19). The summed E-state index contributed by atoms with van der Waals surface area (Å²) in [6.07, 6.45) is 0.987. The van der Waals surface area contributed by atoms with Gasteiger partial charge < -0.3 is 10.6 Å². The summed E-state index contributed by atoms with van der Waals surface area (Å²) in [5, 5.41) is 19.7. The monoisotopic (exact) mass is 274 g/mol. The van der Waals surface area contributed by atoms with Crippen molar-refractivity contribution in [2.24, 2.45) is 0 Å². The first-order valence-corrected chi connectivity index (χ1v) is 6.56. The molecule has 1 unspecified atom stereocenters. The summed E-state index contributed by atoms with van der Waals surface area (Å²) >= 11 is 0. The number of H-pyrrole nitrogens is 1. The molecule has 0 radical (unpaired) electrons. The zero-order chi connectivity index (χ0) is 14.4. The predicted molar refractivity (Wildman–Crippen MR) is 76.0 cm³/mol. The summed E-state index contributed by atoms with van der Waals surface area (Å²) in [4.78, 5) is 11.8. The Balaban J connectivity index is 1.96. The van der Waals surface area contributed by atoms with E-state index in [4.69, 9.17) is 0 Å². The van der Waals surface area contributed by atoms with E-state index in [9.17, 15) is 4.79 Å². The fourth-order valence-corrected chi connectivity index (χ4v) is 1.64. The summed E-state index contributed by atoms with van der Waals surface area (Å²) in [6, 6.07) is 7.66. The molecule has 0 saturated heterocycles. The van der Waals surface area contributed by atoms with Gasteiger partial charge in [-0.3, -0.25) is 4.79 Å². The molecule has 1 atom stereocenters. The Morgan fingerprint density at radius 2 is 2.30 bits per heavy atom. The van der Waals surface area contributed by atoms with Crippen LogP contribution in [0.4, 0.5) is 5.69 Å². The van der Waals surface area contributed by atoms with Crippen LogP contribution >= 0.6 is 0 Å². The first kappa shape index (κ1) is 14.1. The van der Waals surface area contributed by atoms with E-state index in [2.05, 4.69) is 38.2 Å². The number of anilines is 1. The molecule has 3 N–H and O–H groups in total. The summed E-state index contributed by atoms with van der Waals surface area (Å²) in [5.41, 5.74) is 1.51. The van der Waals surface area contributed by atoms with Gasteiger partial charge in [0.05, 0.1) is 6.54 Å². The summed E-state index contributed by atoms with van der Waals surface area (Å²) in [5.74, 6) is 0.425. The van der Waals surface area contributed by atoms with Gasteiger partial charge in [0.1, 0.15) is 0 Å². The van der Waals surface area contributed by atoms with Gasteiger partial charge in [0.25, 0.3) is 0 Å². The van der Waals surface area contributed by atoms with Crippen LogP contribution in [0.3, 0.4) is 0 Å². The Kier molecular flexibility index (Phi) is 4.78. The number of carbonyl (C=O) groups excluding carboxylic acids is 1. The van der Waals surface area contributed by atoms with Gasteiger partial charge in [-0.2, -0.15) is 5.21 Å². The van der Waals surface area contributed by atoms with E-state index in [1.807, 2.05) is 31.2 Å². The maximum absolute atomic E-state index is 11.8. The lowest BCUT2D eigenvalue weighted by atomic mass is 10.2. The van der Waals surface area contributed by atoms with Crippen LogP contribution in [0.2, 0.25) is 0 Å². The molecule has 7 nitrogen and oxygen atoms in total. The third kappa shape index (κ3) is 3.86. The van der Waals surface area contributed by atoms with Crippen molar-refractivity contribution < 1.29 is 4.79 Å². The van der Waals surface area contributed by atoms with Crippen molar-refractivity contribution in [3.8, 4) is 11.4 Å². The van der Waals surface area contributed by atoms with E-state index in [1.165, 1.54) is 0 Å². The van der Waals surface area contributed by atoms with Crippen molar-refractivity contribution in [2.75, 3.05) is 11.9 Å². The van der Waals surface area contributed by atoms with E-state index in [0.29, 0.717) is 24.1 Å². The van der Waals surface area contributed by atoms with Gasteiger partial charge in [0.15, 0.2) is 0 Å². The maximum Gasteiger partial charge on any atom is 0.238 e. The number of hydrogen-bond acceptors (Lipinski definition) is 5. The summed E-state index contributed by atoms with van der Waals surface area (Å²) in [7, 11) is 0. The van der Waals surface area contributed by atoms with Crippen molar-refractivity contribution in [2.45, 2.75) is 26.3 Å². The van der Waals surface area contributed by atoms with Gasteiger partial charge in [-0.05, 0) is 30.7 Å². The number of aromatic amines is 1. The lowest BCUT2D eigenvalue weighted by molar-refractivity contribution is -0.115. The number of benzene rings is 1. The molecule has 1 heterocycles. The Hall–Kier alpha value is -2.28. The van der Waals surface area contributed by atoms with Gasteiger partial charge >= 0.3 is 0 Å². The number of tetrazole rings is 1. The molecule has 0 aliphatic carbocycles. The van der Waals surface area contributed by atoms with Crippen molar-refractivity contribution in [3.63, 3.8) is 0 Å². The average molecular weight is 274 g/mol. The number of amides is 1. The van der Waals surface area contributed by atoms with Crippen LogP contribution < -0.4 is 10.6 Å². The Bertz CT molecular complexity index is 554. The molecular weight excluding hydrogens is 256 g/mol. The maximum atomic E-state index is 11.8. The second kappa shape index (κ2) is 6.76. The van der Waals surface area contributed by atoms with Crippen molar-refractivity contribution in [3.05, 3.63) is 24.3 Å². The third-order valence-electron chi connectivity index (χ3n) is 2.97. The van der Waals surface area contributed by atoms with E-state index in [0.717, 1.165) is 12.0 Å². The Labute approximate surface area is 117 Å². The molecule has 1 aromatic carbocycles. The van der Waals surface area contributed by atoms with Crippen molar-refractivity contribution in [1.29, 1.82) is 0 Å². The smallest absolute Gasteiger partial charge is 0.238 e. The summed E-state index contributed by atoms with van der Waals surface area (Å²) in [6.45, 7) is 4.41. The van der Waals surface area contributed by atoms with Gasteiger partial charge in [-0.25, -0.2) is 0 Å². The molecule has 7 heteroatoms. The fraction of sp³-hybridized carbons (Fsp3) is 0.385. The first-order chi connectivity index (χ1) is 9.69. The van der Waals surface area contributed by atoms with Crippen LogP contribution in [0.15, 0.2) is 24.3 Å². The molecule has 2 aromatic rings. The molecule has 106 valence electrons. The quantitative estimate of drug-likeness (QED) is 0.735. The van der Waals surface area contributed by atoms with E-state index in [1.54, 1.807) is 0 Å². The van der Waals surface area contributed by atoms with Gasteiger partial charge in [-0.1, -0.05) is 19.1 Å². The van der Waals surface area contributed by atoms with Crippen LogP contribution in [-0.2, 0) is 4.79 Å². The van der Waals surface area contributed by atoms with Gasteiger partial charge in [0, 0.05) is 17.3 Å². The van der Waals surface area contributed by atoms with E-state index < -0.39 is 0 Å². The SMILES string of the molecule is CCC(C)NCC(=O)Nc1cccc(-c2nn[nH]n2)c1. The Morgan fingerprint density at radius 1 is 1.45 bits per heavy atom. The predicted octanol–water partition coefficient (Wildman–Crippen LogP) is 1.19. The van der Waals surface area contributed by atoms with Crippen LogP contribution in [-0.4, -0.2) is 39.1 Å². The molecule has 1 amide bonds. The zero-order valence-corrected chi connectivity index (χ0v) is 11.6. The number of aromatic nitrogens is 4. The molecule has 0 fully saturated rings. The highest BCUT2D eigenvalue weighted by atomic mass is 16.1. The third-order valence-corrected chi connectivity index (χ3v) is 2.97. The van der Waals surface area contributed by atoms with Crippen LogP contribution in [0.25, 0.3) is 11.4 Å². The average Bonchev–Trinajstić information content (AvgIpc) is 2.99.